The molecule has 1 atom stereocenters. The molecule has 1 unspecified atom stereocenters. The SMILES string of the molecule is CCCNC(c1ccc(C(C)(C)C)cc1)c1cscc1C. The van der Waals surface area contributed by atoms with E-state index in [1.807, 2.05) is 0 Å². The Balaban J connectivity index is 2.31. The van der Waals surface area contributed by atoms with E-state index in [-0.39, 0.29) is 5.41 Å². The van der Waals surface area contributed by atoms with Crippen LogP contribution in [0.15, 0.2) is 35.0 Å². The highest BCUT2D eigenvalue weighted by Crippen LogP contribution is 2.29. The first-order valence-electron chi connectivity index (χ1n) is 7.80. The second kappa shape index (κ2) is 6.76. The second-order valence-electron chi connectivity index (χ2n) is 6.77. The summed E-state index contributed by atoms with van der Waals surface area (Å²) in [7, 11) is 0. The van der Waals surface area contributed by atoms with E-state index in [2.05, 4.69) is 75.0 Å². The van der Waals surface area contributed by atoms with Crippen LogP contribution in [-0.2, 0) is 5.41 Å². The van der Waals surface area contributed by atoms with Crippen molar-refractivity contribution in [2.45, 2.75) is 52.5 Å². The van der Waals surface area contributed by atoms with E-state index in [0.717, 1.165) is 13.0 Å². The van der Waals surface area contributed by atoms with Crippen LogP contribution in [0, 0.1) is 6.92 Å². The van der Waals surface area contributed by atoms with Crippen LogP contribution in [0.25, 0.3) is 0 Å². The lowest BCUT2D eigenvalue weighted by molar-refractivity contribution is 0.583. The molecule has 0 saturated carbocycles. The Morgan fingerprint density at radius 3 is 2.24 bits per heavy atom. The van der Waals surface area contributed by atoms with Crippen molar-refractivity contribution in [3.8, 4) is 0 Å². The number of thiophene rings is 1. The van der Waals surface area contributed by atoms with Gasteiger partial charge in [-0.15, -0.1) is 0 Å². The molecule has 0 bridgehead atoms. The van der Waals surface area contributed by atoms with Crippen molar-refractivity contribution in [2.75, 3.05) is 6.54 Å². The molecule has 0 aliphatic rings. The molecule has 2 heteroatoms. The zero-order valence-electron chi connectivity index (χ0n) is 13.9. The van der Waals surface area contributed by atoms with Gasteiger partial charge in [0.1, 0.15) is 0 Å². The first-order valence-corrected chi connectivity index (χ1v) is 8.74. The van der Waals surface area contributed by atoms with Crippen molar-refractivity contribution in [1.29, 1.82) is 0 Å². The van der Waals surface area contributed by atoms with Crippen molar-refractivity contribution in [2.24, 2.45) is 0 Å². The van der Waals surface area contributed by atoms with Crippen molar-refractivity contribution in [3.05, 3.63) is 57.3 Å². The number of aryl methyl sites for hydroxylation is 1. The highest BCUT2D eigenvalue weighted by Gasteiger charge is 2.18. The third-order valence-corrected chi connectivity index (χ3v) is 4.79. The normalized spacial score (nSPS) is 13.4. The monoisotopic (exact) mass is 301 g/mol. The van der Waals surface area contributed by atoms with Gasteiger partial charge in [-0.05, 0) is 58.3 Å². The van der Waals surface area contributed by atoms with E-state index < -0.39 is 0 Å². The van der Waals surface area contributed by atoms with Gasteiger partial charge in [0.15, 0.2) is 0 Å². The van der Waals surface area contributed by atoms with Crippen LogP contribution in [0.1, 0.15) is 62.4 Å². The minimum Gasteiger partial charge on any atom is -0.306 e. The fourth-order valence-electron chi connectivity index (χ4n) is 2.54. The van der Waals surface area contributed by atoms with E-state index in [9.17, 15) is 0 Å². The predicted octanol–water partition coefficient (Wildman–Crippen LogP) is 5.44. The largest absolute Gasteiger partial charge is 0.306 e. The molecule has 1 heterocycles. The summed E-state index contributed by atoms with van der Waals surface area (Å²) in [6, 6.07) is 9.43. The average molecular weight is 301 g/mol. The van der Waals surface area contributed by atoms with Crippen LogP contribution in [0.5, 0.6) is 0 Å². The maximum absolute atomic E-state index is 3.69. The van der Waals surface area contributed by atoms with Crippen molar-refractivity contribution in [1.82, 2.24) is 5.32 Å². The molecule has 1 aromatic carbocycles. The van der Waals surface area contributed by atoms with E-state index in [4.69, 9.17) is 0 Å². The van der Waals surface area contributed by atoms with Crippen LogP contribution >= 0.6 is 11.3 Å². The van der Waals surface area contributed by atoms with Gasteiger partial charge in [-0.2, -0.15) is 11.3 Å². The number of nitrogens with one attached hydrogen (secondary N) is 1. The van der Waals surface area contributed by atoms with Gasteiger partial charge in [-0.1, -0.05) is 52.0 Å². The van der Waals surface area contributed by atoms with E-state index >= 15 is 0 Å². The number of hydrogen-bond donors (Lipinski definition) is 1. The lowest BCUT2D eigenvalue weighted by Gasteiger charge is -2.23. The molecule has 1 aromatic heterocycles. The predicted molar refractivity (Wildman–Crippen MR) is 94.3 cm³/mol. The summed E-state index contributed by atoms with van der Waals surface area (Å²) >= 11 is 1.79. The Labute approximate surface area is 133 Å². The molecule has 0 aliphatic heterocycles. The standard InChI is InChI=1S/C19H27NS/c1-6-11-20-18(17-13-21-12-14(17)2)15-7-9-16(10-8-15)19(3,4)5/h7-10,12-13,18,20H,6,11H2,1-5H3. The molecule has 114 valence electrons. The topological polar surface area (TPSA) is 12.0 Å². The third kappa shape index (κ3) is 3.96. The molecule has 0 amide bonds. The van der Waals surface area contributed by atoms with Gasteiger partial charge in [0.05, 0.1) is 6.04 Å². The molecule has 0 spiro atoms. The Bertz CT molecular complexity index is 560. The Morgan fingerprint density at radius 1 is 1.10 bits per heavy atom. The summed E-state index contributed by atoms with van der Waals surface area (Å²) in [5.41, 5.74) is 5.76. The van der Waals surface area contributed by atoms with Crippen LogP contribution < -0.4 is 5.32 Å². The smallest absolute Gasteiger partial charge is 0.0587 e. The fourth-order valence-corrected chi connectivity index (χ4v) is 3.41. The summed E-state index contributed by atoms with van der Waals surface area (Å²) in [5.74, 6) is 0. The minimum atomic E-state index is 0.211. The second-order valence-corrected chi connectivity index (χ2v) is 7.51. The van der Waals surface area contributed by atoms with Crippen LogP contribution in [0.3, 0.4) is 0 Å². The van der Waals surface area contributed by atoms with Gasteiger partial charge >= 0.3 is 0 Å². The van der Waals surface area contributed by atoms with Gasteiger partial charge in [-0.25, -0.2) is 0 Å². The summed E-state index contributed by atoms with van der Waals surface area (Å²) < 4.78 is 0. The van der Waals surface area contributed by atoms with Gasteiger partial charge in [0.25, 0.3) is 0 Å². The molecule has 2 aromatic rings. The van der Waals surface area contributed by atoms with Crippen molar-refractivity contribution >= 4 is 11.3 Å². The maximum atomic E-state index is 3.69. The van der Waals surface area contributed by atoms with Crippen LogP contribution in [-0.4, -0.2) is 6.54 Å². The average Bonchev–Trinajstić information content (AvgIpc) is 2.85. The lowest BCUT2D eigenvalue weighted by atomic mass is 9.85. The highest BCUT2D eigenvalue weighted by molar-refractivity contribution is 7.08. The summed E-state index contributed by atoms with van der Waals surface area (Å²) in [5, 5.41) is 8.21. The number of benzene rings is 1. The highest BCUT2D eigenvalue weighted by atomic mass is 32.1. The van der Waals surface area contributed by atoms with Crippen molar-refractivity contribution in [3.63, 3.8) is 0 Å². The van der Waals surface area contributed by atoms with Gasteiger partial charge in [0, 0.05) is 0 Å². The van der Waals surface area contributed by atoms with Crippen LogP contribution in [0.4, 0.5) is 0 Å². The van der Waals surface area contributed by atoms with E-state index in [0.29, 0.717) is 6.04 Å². The fraction of sp³-hybridized carbons (Fsp3) is 0.474. The van der Waals surface area contributed by atoms with Gasteiger partial charge in [-0.3, -0.25) is 0 Å². The molecule has 0 fully saturated rings. The summed E-state index contributed by atoms with van der Waals surface area (Å²) in [6.07, 6.45) is 1.15. The van der Waals surface area contributed by atoms with Crippen LogP contribution in [0.2, 0.25) is 0 Å². The Kier molecular flexibility index (Phi) is 5.23. The third-order valence-electron chi connectivity index (χ3n) is 3.91. The van der Waals surface area contributed by atoms with Gasteiger partial charge < -0.3 is 5.32 Å². The zero-order valence-corrected chi connectivity index (χ0v) is 14.7. The molecule has 0 aliphatic carbocycles. The van der Waals surface area contributed by atoms with E-state index in [1.165, 1.54) is 22.3 Å². The molecule has 21 heavy (non-hydrogen) atoms. The Morgan fingerprint density at radius 2 is 1.76 bits per heavy atom. The zero-order chi connectivity index (χ0) is 15.5. The van der Waals surface area contributed by atoms with Crippen molar-refractivity contribution < 1.29 is 0 Å². The lowest BCUT2D eigenvalue weighted by Crippen LogP contribution is -2.23. The van der Waals surface area contributed by atoms with E-state index in [1.54, 1.807) is 11.3 Å². The summed E-state index contributed by atoms with van der Waals surface area (Å²) in [4.78, 5) is 0. The molecule has 1 N–H and O–H groups in total. The first-order chi connectivity index (χ1) is 9.93. The molecule has 0 radical (unpaired) electrons. The number of hydrogen-bond acceptors (Lipinski definition) is 2. The molecular formula is C19H27NS. The molecule has 1 nitrogen and oxygen atoms in total. The first kappa shape index (κ1) is 16.3. The Hall–Kier alpha value is -1.12. The molecular weight excluding hydrogens is 274 g/mol. The molecule has 2 rings (SSSR count). The minimum absolute atomic E-state index is 0.211. The maximum Gasteiger partial charge on any atom is 0.0587 e. The summed E-state index contributed by atoms with van der Waals surface area (Å²) in [6.45, 7) is 12.2. The number of rotatable bonds is 5. The van der Waals surface area contributed by atoms with Gasteiger partial charge in [0.2, 0.25) is 0 Å². The quantitative estimate of drug-likeness (QED) is 0.775. The molecule has 0 saturated heterocycles.